The number of hydrogen-bond acceptors (Lipinski definition) is 2. The molecule has 1 heterocycles. The minimum Gasteiger partial charge on any atom is -0.364 e. The van der Waals surface area contributed by atoms with Gasteiger partial charge in [-0.05, 0) is 12.8 Å². The number of primary amides is 1. The molecule has 0 unspecified atom stereocenters. The van der Waals surface area contributed by atoms with Crippen LogP contribution < -0.4 is 5.73 Å². The topological polar surface area (TPSA) is 60.9 Å². The van der Waals surface area contributed by atoms with E-state index in [2.05, 4.69) is 5.10 Å². The fourth-order valence-corrected chi connectivity index (χ4v) is 1.59. The molecule has 1 rings (SSSR count). The van der Waals surface area contributed by atoms with Crippen molar-refractivity contribution in [2.24, 2.45) is 12.8 Å². The molecule has 72 valence electrons. The van der Waals surface area contributed by atoms with E-state index in [4.69, 9.17) is 5.73 Å². The Bertz CT molecular complexity index is 328. The Morgan fingerprint density at radius 2 is 2.08 bits per heavy atom. The van der Waals surface area contributed by atoms with Crippen molar-refractivity contribution in [3.63, 3.8) is 0 Å². The van der Waals surface area contributed by atoms with Crippen LogP contribution in [0, 0.1) is 0 Å². The van der Waals surface area contributed by atoms with Crippen LogP contribution in [0.2, 0.25) is 0 Å². The second-order valence-corrected chi connectivity index (χ2v) is 2.97. The van der Waals surface area contributed by atoms with Crippen LogP contribution in [-0.2, 0) is 19.9 Å². The third kappa shape index (κ3) is 1.56. The van der Waals surface area contributed by atoms with E-state index in [1.54, 1.807) is 11.7 Å². The Kier molecular flexibility index (Phi) is 2.70. The zero-order valence-corrected chi connectivity index (χ0v) is 8.29. The summed E-state index contributed by atoms with van der Waals surface area (Å²) in [5.74, 6) is -0.397. The molecule has 2 N–H and O–H groups in total. The van der Waals surface area contributed by atoms with E-state index in [0.717, 1.165) is 24.1 Å². The van der Waals surface area contributed by atoms with Crippen molar-refractivity contribution in [3.05, 3.63) is 17.0 Å². The van der Waals surface area contributed by atoms with Crippen molar-refractivity contribution >= 4 is 5.91 Å². The SMILES string of the molecule is CCc1nn(C)c(C(N)=O)c1CC. The summed E-state index contributed by atoms with van der Waals surface area (Å²) in [7, 11) is 1.75. The number of nitrogens with two attached hydrogens (primary N) is 1. The highest BCUT2D eigenvalue weighted by molar-refractivity contribution is 5.92. The van der Waals surface area contributed by atoms with Gasteiger partial charge in [-0.25, -0.2) is 0 Å². The van der Waals surface area contributed by atoms with Gasteiger partial charge in [0, 0.05) is 12.6 Å². The van der Waals surface area contributed by atoms with E-state index in [9.17, 15) is 4.79 Å². The molecule has 0 aliphatic heterocycles. The summed E-state index contributed by atoms with van der Waals surface area (Å²) in [4.78, 5) is 11.1. The summed E-state index contributed by atoms with van der Waals surface area (Å²) in [6, 6.07) is 0. The Balaban J connectivity index is 3.31. The lowest BCUT2D eigenvalue weighted by atomic mass is 10.1. The summed E-state index contributed by atoms with van der Waals surface area (Å²) in [6.07, 6.45) is 1.64. The lowest BCUT2D eigenvalue weighted by Gasteiger charge is -1.98. The van der Waals surface area contributed by atoms with Crippen molar-refractivity contribution in [2.45, 2.75) is 26.7 Å². The summed E-state index contributed by atoms with van der Waals surface area (Å²) in [5.41, 5.74) is 7.76. The van der Waals surface area contributed by atoms with Gasteiger partial charge in [0.1, 0.15) is 5.69 Å². The van der Waals surface area contributed by atoms with Gasteiger partial charge in [0.15, 0.2) is 0 Å². The Hall–Kier alpha value is -1.32. The number of aromatic nitrogens is 2. The monoisotopic (exact) mass is 181 g/mol. The molecular formula is C9H15N3O. The maximum Gasteiger partial charge on any atom is 0.267 e. The van der Waals surface area contributed by atoms with Gasteiger partial charge in [-0.2, -0.15) is 5.10 Å². The molecule has 13 heavy (non-hydrogen) atoms. The first-order valence-electron chi connectivity index (χ1n) is 4.46. The van der Waals surface area contributed by atoms with Crippen LogP contribution >= 0.6 is 0 Å². The maximum atomic E-state index is 11.1. The van der Waals surface area contributed by atoms with E-state index in [1.807, 2.05) is 13.8 Å². The molecule has 0 saturated carbocycles. The maximum absolute atomic E-state index is 11.1. The third-order valence-electron chi connectivity index (χ3n) is 2.15. The van der Waals surface area contributed by atoms with Crippen molar-refractivity contribution in [1.82, 2.24) is 9.78 Å². The van der Waals surface area contributed by atoms with Crippen LogP contribution in [0.15, 0.2) is 0 Å². The molecule has 1 aromatic rings. The predicted octanol–water partition coefficient (Wildman–Crippen LogP) is 0.644. The normalized spacial score (nSPS) is 10.4. The van der Waals surface area contributed by atoms with Gasteiger partial charge in [0.2, 0.25) is 0 Å². The minimum absolute atomic E-state index is 0.397. The van der Waals surface area contributed by atoms with Gasteiger partial charge in [-0.1, -0.05) is 13.8 Å². The molecule has 0 aliphatic rings. The van der Waals surface area contributed by atoms with E-state index in [0.29, 0.717) is 5.69 Å². The predicted molar refractivity (Wildman–Crippen MR) is 50.5 cm³/mol. The fourth-order valence-electron chi connectivity index (χ4n) is 1.59. The average Bonchev–Trinajstić information content (AvgIpc) is 2.41. The lowest BCUT2D eigenvalue weighted by Crippen LogP contribution is -2.17. The highest BCUT2D eigenvalue weighted by atomic mass is 16.1. The molecule has 1 amide bonds. The highest BCUT2D eigenvalue weighted by Crippen LogP contribution is 2.14. The summed E-state index contributed by atoms with van der Waals surface area (Å²) < 4.78 is 1.57. The van der Waals surface area contributed by atoms with E-state index in [1.165, 1.54) is 0 Å². The smallest absolute Gasteiger partial charge is 0.267 e. The summed E-state index contributed by atoms with van der Waals surface area (Å²) in [6.45, 7) is 4.02. The molecule has 4 heteroatoms. The minimum atomic E-state index is -0.397. The van der Waals surface area contributed by atoms with Crippen molar-refractivity contribution in [1.29, 1.82) is 0 Å². The number of hydrogen-bond donors (Lipinski definition) is 1. The van der Waals surface area contributed by atoms with Gasteiger partial charge in [-0.3, -0.25) is 9.48 Å². The molecule has 0 saturated heterocycles. The standard InChI is InChI=1S/C9H15N3O/c1-4-6-7(5-2)11-12(3)8(6)9(10)13/h4-5H2,1-3H3,(H2,10,13). The van der Waals surface area contributed by atoms with Crippen molar-refractivity contribution in [2.75, 3.05) is 0 Å². The number of amides is 1. The molecule has 4 nitrogen and oxygen atoms in total. The van der Waals surface area contributed by atoms with Crippen LogP contribution in [0.1, 0.15) is 35.6 Å². The number of nitrogens with zero attached hydrogens (tertiary/aromatic N) is 2. The number of rotatable bonds is 3. The molecule has 0 bridgehead atoms. The van der Waals surface area contributed by atoms with Gasteiger partial charge < -0.3 is 5.73 Å². The Morgan fingerprint density at radius 1 is 1.46 bits per heavy atom. The molecule has 0 radical (unpaired) electrons. The van der Waals surface area contributed by atoms with Gasteiger partial charge >= 0.3 is 0 Å². The zero-order chi connectivity index (χ0) is 10.0. The quantitative estimate of drug-likeness (QED) is 0.744. The molecular weight excluding hydrogens is 166 g/mol. The summed E-state index contributed by atoms with van der Waals surface area (Å²) in [5, 5.41) is 4.24. The lowest BCUT2D eigenvalue weighted by molar-refractivity contribution is 0.0990. The van der Waals surface area contributed by atoms with E-state index >= 15 is 0 Å². The van der Waals surface area contributed by atoms with Crippen LogP contribution in [0.4, 0.5) is 0 Å². The molecule has 0 fully saturated rings. The van der Waals surface area contributed by atoms with Gasteiger partial charge in [-0.15, -0.1) is 0 Å². The molecule has 0 spiro atoms. The van der Waals surface area contributed by atoms with Gasteiger partial charge in [0.25, 0.3) is 5.91 Å². The Morgan fingerprint density at radius 3 is 2.46 bits per heavy atom. The molecule has 0 aliphatic carbocycles. The summed E-state index contributed by atoms with van der Waals surface area (Å²) >= 11 is 0. The number of carbonyl (C=O) groups excluding carboxylic acids is 1. The third-order valence-corrected chi connectivity index (χ3v) is 2.15. The van der Waals surface area contributed by atoms with E-state index < -0.39 is 5.91 Å². The van der Waals surface area contributed by atoms with E-state index in [-0.39, 0.29) is 0 Å². The molecule has 0 aromatic carbocycles. The van der Waals surface area contributed by atoms with Crippen molar-refractivity contribution in [3.8, 4) is 0 Å². The van der Waals surface area contributed by atoms with Crippen LogP contribution in [0.5, 0.6) is 0 Å². The number of aryl methyl sites for hydroxylation is 2. The van der Waals surface area contributed by atoms with Crippen LogP contribution in [0.25, 0.3) is 0 Å². The second-order valence-electron chi connectivity index (χ2n) is 2.97. The largest absolute Gasteiger partial charge is 0.364 e. The first-order valence-corrected chi connectivity index (χ1v) is 4.46. The van der Waals surface area contributed by atoms with Crippen molar-refractivity contribution < 1.29 is 4.79 Å². The first-order chi connectivity index (χ1) is 6.11. The zero-order valence-electron chi connectivity index (χ0n) is 8.29. The fraction of sp³-hybridized carbons (Fsp3) is 0.556. The highest BCUT2D eigenvalue weighted by Gasteiger charge is 2.16. The van der Waals surface area contributed by atoms with Crippen LogP contribution in [0.3, 0.4) is 0 Å². The Labute approximate surface area is 77.7 Å². The molecule has 1 aromatic heterocycles. The second kappa shape index (κ2) is 3.60. The molecule has 0 atom stereocenters. The first kappa shape index (κ1) is 9.77. The van der Waals surface area contributed by atoms with Crippen LogP contribution in [-0.4, -0.2) is 15.7 Å². The average molecular weight is 181 g/mol. The van der Waals surface area contributed by atoms with Gasteiger partial charge in [0.05, 0.1) is 5.69 Å². The number of carbonyl (C=O) groups is 1.